The smallest absolute Gasteiger partial charge is 0.226 e. The third-order valence-corrected chi connectivity index (χ3v) is 4.56. The first-order chi connectivity index (χ1) is 11.7. The average Bonchev–Trinajstić information content (AvgIpc) is 3.09. The molecule has 2 heterocycles. The van der Waals surface area contributed by atoms with Crippen molar-refractivity contribution in [1.29, 1.82) is 0 Å². The molecular weight excluding hydrogens is 338 g/mol. The van der Waals surface area contributed by atoms with Gasteiger partial charge in [-0.15, -0.1) is 12.4 Å². The zero-order valence-electron chi connectivity index (χ0n) is 14.6. The molecule has 0 saturated carbocycles. The molecule has 5 nitrogen and oxygen atoms in total. The predicted molar refractivity (Wildman–Crippen MR) is 101 cm³/mol. The maximum absolute atomic E-state index is 12.0. The Kier molecular flexibility index (Phi) is 7.47. The van der Waals surface area contributed by atoms with Crippen molar-refractivity contribution >= 4 is 18.3 Å². The highest BCUT2D eigenvalue weighted by atomic mass is 35.5. The van der Waals surface area contributed by atoms with Crippen LogP contribution in [0.4, 0.5) is 0 Å². The summed E-state index contributed by atoms with van der Waals surface area (Å²) in [5.41, 5.74) is 2.90. The van der Waals surface area contributed by atoms with E-state index in [9.17, 15) is 4.79 Å². The number of benzene rings is 1. The number of aryl methyl sites for hydroxylation is 1. The molecule has 0 radical (unpaired) electrons. The maximum Gasteiger partial charge on any atom is 0.226 e. The van der Waals surface area contributed by atoms with E-state index in [1.807, 2.05) is 31.2 Å². The summed E-state index contributed by atoms with van der Waals surface area (Å²) in [6.45, 7) is 4.62. The standard InChI is InChI=1S/C19H25N3O2.ClH/c1-14-2-5-16(6-3-14)19-22-17(13-24-19)12-21-18(23)7-4-15-8-10-20-11-9-15;/h2-3,5-6,13,15,20H,4,7-12H2,1H3,(H,21,23);1H. The summed E-state index contributed by atoms with van der Waals surface area (Å²) in [7, 11) is 0. The van der Waals surface area contributed by atoms with Gasteiger partial charge in [0.25, 0.3) is 0 Å². The zero-order valence-corrected chi connectivity index (χ0v) is 15.4. The van der Waals surface area contributed by atoms with Crippen LogP contribution < -0.4 is 10.6 Å². The lowest BCUT2D eigenvalue weighted by atomic mass is 9.93. The van der Waals surface area contributed by atoms with Gasteiger partial charge in [0.05, 0.1) is 12.2 Å². The van der Waals surface area contributed by atoms with Crippen molar-refractivity contribution in [2.24, 2.45) is 5.92 Å². The topological polar surface area (TPSA) is 67.2 Å². The van der Waals surface area contributed by atoms with Crippen molar-refractivity contribution in [3.8, 4) is 11.5 Å². The van der Waals surface area contributed by atoms with E-state index in [4.69, 9.17) is 4.42 Å². The van der Waals surface area contributed by atoms with Gasteiger partial charge in [0, 0.05) is 12.0 Å². The first-order valence-corrected chi connectivity index (χ1v) is 8.69. The molecule has 0 unspecified atom stereocenters. The fourth-order valence-electron chi connectivity index (χ4n) is 3.00. The summed E-state index contributed by atoms with van der Waals surface area (Å²) >= 11 is 0. The lowest BCUT2D eigenvalue weighted by molar-refractivity contribution is -0.121. The van der Waals surface area contributed by atoms with E-state index < -0.39 is 0 Å². The van der Waals surface area contributed by atoms with E-state index in [-0.39, 0.29) is 18.3 Å². The fourth-order valence-corrected chi connectivity index (χ4v) is 3.00. The summed E-state index contributed by atoms with van der Waals surface area (Å²) in [6.07, 6.45) is 5.53. The highest BCUT2D eigenvalue weighted by Crippen LogP contribution is 2.19. The molecule has 136 valence electrons. The van der Waals surface area contributed by atoms with Gasteiger partial charge in [0.15, 0.2) is 0 Å². The Balaban J connectivity index is 0.00000225. The lowest BCUT2D eigenvalue weighted by Gasteiger charge is -2.22. The quantitative estimate of drug-likeness (QED) is 0.824. The molecule has 0 aliphatic carbocycles. The molecule has 3 rings (SSSR count). The molecule has 2 N–H and O–H groups in total. The Hall–Kier alpha value is -1.85. The predicted octanol–water partition coefficient (Wildman–Crippen LogP) is 3.47. The molecule has 2 aromatic rings. The Bertz CT molecular complexity index is 664. The van der Waals surface area contributed by atoms with E-state index in [0.29, 0.717) is 24.8 Å². The minimum atomic E-state index is 0. The Morgan fingerprint density at radius 3 is 2.72 bits per heavy atom. The molecule has 25 heavy (non-hydrogen) atoms. The number of hydrogen-bond acceptors (Lipinski definition) is 4. The fraction of sp³-hybridized carbons (Fsp3) is 0.474. The van der Waals surface area contributed by atoms with E-state index in [1.54, 1.807) is 6.26 Å². The van der Waals surface area contributed by atoms with E-state index in [2.05, 4.69) is 15.6 Å². The van der Waals surface area contributed by atoms with Crippen molar-refractivity contribution in [3.05, 3.63) is 41.8 Å². The van der Waals surface area contributed by atoms with E-state index >= 15 is 0 Å². The SMILES string of the molecule is Cc1ccc(-c2nc(CNC(=O)CCC3CCNCC3)co2)cc1.Cl. The number of nitrogens with one attached hydrogen (secondary N) is 2. The number of rotatable bonds is 6. The van der Waals surface area contributed by atoms with Gasteiger partial charge in [-0.3, -0.25) is 4.79 Å². The van der Waals surface area contributed by atoms with Crippen molar-refractivity contribution in [2.45, 2.75) is 39.2 Å². The number of nitrogens with zero attached hydrogens (tertiary/aromatic N) is 1. The van der Waals surface area contributed by atoms with Crippen LogP contribution in [0.5, 0.6) is 0 Å². The van der Waals surface area contributed by atoms with Crippen LogP contribution in [0.25, 0.3) is 11.5 Å². The van der Waals surface area contributed by atoms with Crippen LogP contribution in [-0.4, -0.2) is 24.0 Å². The second-order valence-corrected chi connectivity index (χ2v) is 6.52. The molecular formula is C19H26ClN3O2. The van der Waals surface area contributed by atoms with Crippen molar-refractivity contribution < 1.29 is 9.21 Å². The first-order valence-electron chi connectivity index (χ1n) is 8.69. The van der Waals surface area contributed by atoms with Gasteiger partial charge in [-0.2, -0.15) is 0 Å². The van der Waals surface area contributed by atoms with Crippen LogP contribution in [0, 0.1) is 12.8 Å². The van der Waals surface area contributed by atoms with Crippen molar-refractivity contribution in [3.63, 3.8) is 0 Å². The second kappa shape index (κ2) is 9.59. The molecule has 6 heteroatoms. The van der Waals surface area contributed by atoms with Crippen molar-refractivity contribution in [2.75, 3.05) is 13.1 Å². The third kappa shape index (κ3) is 5.87. The number of aromatic nitrogens is 1. The van der Waals surface area contributed by atoms with Gasteiger partial charge in [0.2, 0.25) is 11.8 Å². The Morgan fingerprint density at radius 1 is 1.28 bits per heavy atom. The summed E-state index contributed by atoms with van der Waals surface area (Å²) < 4.78 is 5.51. The zero-order chi connectivity index (χ0) is 16.8. The average molecular weight is 364 g/mol. The van der Waals surface area contributed by atoms with Crippen LogP contribution in [-0.2, 0) is 11.3 Å². The van der Waals surface area contributed by atoms with Crippen LogP contribution in [0.15, 0.2) is 34.9 Å². The third-order valence-electron chi connectivity index (χ3n) is 4.56. The van der Waals surface area contributed by atoms with Gasteiger partial charge in [0.1, 0.15) is 6.26 Å². The van der Waals surface area contributed by atoms with Gasteiger partial charge in [-0.25, -0.2) is 4.98 Å². The minimum absolute atomic E-state index is 0. The number of carbonyl (C=O) groups is 1. The van der Waals surface area contributed by atoms with Gasteiger partial charge in [-0.1, -0.05) is 17.7 Å². The van der Waals surface area contributed by atoms with Gasteiger partial charge < -0.3 is 15.1 Å². The molecule has 0 atom stereocenters. The number of halogens is 1. The number of carbonyl (C=O) groups excluding carboxylic acids is 1. The number of piperidine rings is 1. The number of hydrogen-bond donors (Lipinski definition) is 2. The molecule has 1 fully saturated rings. The highest BCUT2D eigenvalue weighted by molar-refractivity contribution is 5.85. The molecule has 1 aromatic carbocycles. The van der Waals surface area contributed by atoms with Crippen LogP contribution in [0.3, 0.4) is 0 Å². The Morgan fingerprint density at radius 2 is 2.00 bits per heavy atom. The molecule has 0 bridgehead atoms. The largest absolute Gasteiger partial charge is 0.444 e. The summed E-state index contributed by atoms with van der Waals surface area (Å²) in [5, 5.41) is 6.28. The number of amides is 1. The second-order valence-electron chi connectivity index (χ2n) is 6.52. The minimum Gasteiger partial charge on any atom is -0.444 e. The molecule has 1 aliphatic rings. The summed E-state index contributed by atoms with van der Waals surface area (Å²) in [5.74, 6) is 1.36. The number of oxazole rings is 1. The summed E-state index contributed by atoms with van der Waals surface area (Å²) in [4.78, 5) is 16.4. The maximum atomic E-state index is 12.0. The molecule has 1 saturated heterocycles. The summed E-state index contributed by atoms with van der Waals surface area (Å²) in [6, 6.07) is 8.04. The lowest BCUT2D eigenvalue weighted by Crippen LogP contribution is -2.29. The normalized spacial score (nSPS) is 14.8. The highest BCUT2D eigenvalue weighted by Gasteiger charge is 2.14. The van der Waals surface area contributed by atoms with Gasteiger partial charge >= 0.3 is 0 Å². The monoisotopic (exact) mass is 363 g/mol. The van der Waals surface area contributed by atoms with E-state index in [0.717, 1.165) is 30.8 Å². The molecule has 0 spiro atoms. The van der Waals surface area contributed by atoms with E-state index in [1.165, 1.54) is 18.4 Å². The van der Waals surface area contributed by atoms with Crippen LogP contribution in [0.2, 0.25) is 0 Å². The van der Waals surface area contributed by atoms with Crippen molar-refractivity contribution in [1.82, 2.24) is 15.6 Å². The van der Waals surface area contributed by atoms with Crippen LogP contribution in [0.1, 0.15) is 36.9 Å². The molecule has 1 amide bonds. The van der Waals surface area contributed by atoms with Crippen LogP contribution >= 0.6 is 12.4 Å². The van der Waals surface area contributed by atoms with Gasteiger partial charge in [-0.05, 0) is 57.3 Å². The Labute approximate surface area is 155 Å². The molecule has 1 aliphatic heterocycles. The first kappa shape index (κ1) is 19.5. The molecule has 1 aromatic heterocycles.